The molecule has 0 amide bonds. The van der Waals surface area contributed by atoms with Gasteiger partial charge < -0.3 is 19.9 Å². The van der Waals surface area contributed by atoms with Crippen molar-refractivity contribution in [2.45, 2.75) is 19.4 Å². The van der Waals surface area contributed by atoms with Gasteiger partial charge in [-0.3, -0.25) is 0 Å². The van der Waals surface area contributed by atoms with Crippen LogP contribution in [0.1, 0.15) is 24.9 Å². The highest BCUT2D eigenvalue weighted by Gasteiger charge is 2.20. The second-order valence-electron chi connectivity index (χ2n) is 4.23. The molecule has 0 fully saturated rings. The van der Waals surface area contributed by atoms with Crippen molar-refractivity contribution < 1.29 is 14.6 Å². The maximum absolute atomic E-state index is 9.42. The highest BCUT2D eigenvalue weighted by Crippen LogP contribution is 2.32. The van der Waals surface area contributed by atoms with Crippen LogP contribution >= 0.6 is 0 Å². The Hall–Kier alpha value is -1.26. The summed E-state index contributed by atoms with van der Waals surface area (Å²) in [6, 6.07) is 5.96. The number of aliphatic hydroxyl groups is 1. The van der Waals surface area contributed by atoms with Crippen LogP contribution in [0.25, 0.3) is 0 Å². The van der Waals surface area contributed by atoms with Crippen molar-refractivity contribution in [1.29, 1.82) is 0 Å². The third-order valence-electron chi connectivity index (χ3n) is 3.31. The number of benzene rings is 1. The van der Waals surface area contributed by atoms with Gasteiger partial charge in [-0.25, -0.2) is 0 Å². The van der Waals surface area contributed by atoms with Gasteiger partial charge in [0.05, 0.1) is 14.2 Å². The zero-order chi connectivity index (χ0) is 13.5. The molecule has 102 valence electrons. The van der Waals surface area contributed by atoms with Crippen LogP contribution in [0.5, 0.6) is 11.5 Å². The van der Waals surface area contributed by atoms with Crippen molar-refractivity contribution in [3.8, 4) is 11.5 Å². The van der Waals surface area contributed by atoms with Gasteiger partial charge in [-0.15, -0.1) is 0 Å². The maximum atomic E-state index is 9.42. The predicted octanol–water partition coefficient (Wildman–Crippen LogP) is 1.98. The van der Waals surface area contributed by atoms with E-state index in [0.29, 0.717) is 11.5 Å². The van der Waals surface area contributed by atoms with Gasteiger partial charge in [0.2, 0.25) is 0 Å². The summed E-state index contributed by atoms with van der Waals surface area (Å²) in [5, 5.41) is 12.7. The highest BCUT2D eigenvalue weighted by molar-refractivity contribution is 5.43. The number of aliphatic hydroxyl groups excluding tert-OH is 1. The van der Waals surface area contributed by atoms with Crippen molar-refractivity contribution in [3.63, 3.8) is 0 Å². The molecular weight excluding hydrogens is 230 g/mol. The molecule has 1 aromatic carbocycles. The molecule has 0 aliphatic rings. The third kappa shape index (κ3) is 3.15. The monoisotopic (exact) mass is 253 g/mol. The van der Waals surface area contributed by atoms with E-state index in [-0.39, 0.29) is 18.6 Å². The first-order valence-corrected chi connectivity index (χ1v) is 6.21. The van der Waals surface area contributed by atoms with E-state index in [9.17, 15) is 5.11 Å². The molecule has 0 saturated heterocycles. The van der Waals surface area contributed by atoms with Crippen LogP contribution in [0.2, 0.25) is 0 Å². The standard InChI is InChI=1S/C14H23NO3/c1-5-10(9-16)14(15-2)11-6-7-12(17-3)13(8-11)18-4/h6-8,10,14-16H,5,9H2,1-4H3. The molecule has 18 heavy (non-hydrogen) atoms. The molecule has 1 aromatic rings. The van der Waals surface area contributed by atoms with E-state index < -0.39 is 0 Å². The largest absolute Gasteiger partial charge is 0.493 e. The summed E-state index contributed by atoms with van der Waals surface area (Å²) in [4.78, 5) is 0. The van der Waals surface area contributed by atoms with Crippen molar-refractivity contribution in [2.75, 3.05) is 27.9 Å². The van der Waals surface area contributed by atoms with Crippen molar-refractivity contribution in [2.24, 2.45) is 5.92 Å². The van der Waals surface area contributed by atoms with Crippen molar-refractivity contribution >= 4 is 0 Å². The molecule has 0 bridgehead atoms. The Morgan fingerprint density at radius 2 is 1.89 bits per heavy atom. The Kier molecular flexibility index (Phi) is 5.95. The molecule has 2 unspecified atom stereocenters. The molecule has 4 heteroatoms. The topological polar surface area (TPSA) is 50.7 Å². The number of hydrogen-bond donors (Lipinski definition) is 2. The zero-order valence-electron chi connectivity index (χ0n) is 11.6. The second-order valence-corrected chi connectivity index (χ2v) is 4.23. The van der Waals surface area contributed by atoms with E-state index >= 15 is 0 Å². The van der Waals surface area contributed by atoms with Gasteiger partial charge in [-0.2, -0.15) is 0 Å². The molecule has 0 spiro atoms. The number of hydrogen-bond acceptors (Lipinski definition) is 4. The number of nitrogens with one attached hydrogen (secondary N) is 1. The molecular formula is C14H23NO3. The van der Waals surface area contributed by atoms with E-state index in [4.69, 9.17) is 9.47 Å². The van der Waals surface area contributed by atoms with Crippen LogP contribution in [0.3, 0.4) is 0 Å². The fourth-order valence-corrected chi connectivity index (χ4v) is 2.19. The van der Waals surface area contributed by atoms with Gasteiger partial charge in [-0.05, 0) is 31.2 Å². The first kappa shape index (κ1) is 14.8. The average molecular weight is 253 g/mol. The average Bonchev–Trinajstić information content (AvgIpc) is 2.43. The summed E-state index contributed by atoms with van der Waals surface area (Å²) in [7, 11) is 5.15. The normalized spacial score (nSPS) is 14.1. The summed E-state index contributed by atoms with van der Waals surface area (Å²) in [5.41, 5.74) is 1.09. The summed E-state index contributed by atoms with van der Waals surface area (Å²) in [6.45, 7) is 2.24. The quantitative estimate of drug-likeness (QED) is 0.780. The van der Waals surface area contributed by atoms with E-state index in [0.717, 1.165) is 12.0 Å². The van der Waals surface area contributed by atoms with Crippen LogP contribution in [0.4, 0.5) is 0 Å². The van der Waals surface area contributed by atoms with Crippen LogP contribution in [0, 0.1) is 5.92 Å². The first-order valence-electron chi connectivity index (χ1n) is 6.21. The molecule has 0 heterocycles. The predicted molar refractivity (Wildman–Crippen MR) is 72.2 cm³/mol. The molecule has 1 rings (SSSR count). The minimum Gasteiger partial charge on any atom is -0.493 e. The lowest BCUT2D eigenvalue weighted by Crippen LogP contribution is -2.27. The van der Waals surface area contributed by atoms with E-state index in [1.54, 1.807) is 14.2 Å². The van der Waals surface area contributed by atoms with Crippen LogP contribution in [-0.4, -0.2) is 33.0 Å². The Labute approximate surface area is 109 Å². The highest BCUT2D eigenvalue weighted by atomic mass is 16.5. The van der Waals surface area contributed by atoms with E-state index in [1.807, 2.05) is 25.2 Å². The summed E-state index contributed by atoms with van der Waals surface area (Å²) in [6.07, 6.45) is 0.913. The summed E-state index contributed by atoms with van der Waals surface area (Å²) >= 11 is 0. The van der Waals surface area contributed by atoms with Crippen LogP contribution in [0.15, 0.2) is 18.2 Å². The van der Waals surface area contributed by atoms with Crippen molar-refractivity contribution in [1.82, 2.24) is 5.32 Å². The Bertz CT molecular complexity index is 364. The number of rotatable bonds is 7. The second kappa shape index (κ2) is 7.24. The van der Waals surface area contributed by atoms with E-state index in [1.165, 1.54) is 0 Å². The van der Waals surface area contributed by atoms with Crippen LogP contribution < -0.4 is 14.8 Å². The first-order chi connectivity index (χ1) is 8.71. The molecule has 2 N–H and O–H groups in total. The van der Waals surface area contributed by atoms with Crippen LogP contribution in [-0.2, 0) is 0 Å². The fraction of sp³-hybridized carbons (Fsp3) is 0.571. The minimum absolute atomic E-state index is 0.111. The Morgan fingerprint density at radius 3 is 2.33 bits per heavy atom. The van der Waals surface area contributed by atoms with Gasteiger partial charge in [0.25, 0.3) is 0 Å². The van der Waals surface area contributed by atoms with Gasteiger partial charge in [-0.1, -0.05) is 13.0 Å². The SMILES string of the molecule is CCC(CO)C(NC)c1ccc(OC)c(OC)c1. The summed E-state index contributed by atoms with van der Waals surface area (Å²) in [5.74, 6) is 1.62. The van der Waals surface area contributed by atoms with E-state index in [2.05, 4.69) is 12.2 Å². The molecule has 4 nitrogen and oxygen atoms in total. The number of ether oxygens (including phenoxy) is 2. The molecule has 0 radical (unpaired) electrons. The lowest BCUT2D eigenvalue weighted by atomic mass is 9.91. The lowest BCUT2D eigenvalue weighted by molar-refractivity contribution is 0.189. The van der Waals surface area contributed by atoms with Gasteiger partial charge >= 0.3 is 0 Å². The fourth-order valence-electron chi connectivity index (χ4n) is 2.19. The molecule has 0 aliphatic heterocycles. The molecule has 0 aliphatic carbocycles. The van der Waals surface area contributed by atoms with Gasteiger partial charge in [0, 0.05) is 18.6 Å². The smallest absolute Gasteiger partial charge is 0.161 e. The maximum Gasteiger partial charge on any atom is 0.161 e. The summed E-state index contributed by atoms with van der Waals surface area (Å²) < 4.78 is 10.5. The van der Waals surface area contributed by atoms with Gasteiger partial charge in [0.1, 0.15) is 0 Å². The van der Waals surface area contributed by atoms with Gasteiger partial charge in [0.15, 0.2) is 11.5 Å². The third-order valence-corrected chi connectivity index (χ3v) is 3.31. The minimum atomic E-state index is 0.111. The Balaban J connectivity index is 3.06. The molecule has 2 atom stereocenters. The molecule has 0 aromatic heterocycles. The lowest BCUT2D eigenvalue weighted by Gasteiger charge is -2.25. The zero-order valence-corrected chi connectivity index (χ0v) is 11.6. The molecule has 0 saturated carbocycles. The Morgan fingerprint density at radius 1 is 1.22 bits per heavy atom. The van der Waals surface area contributed by atoms with Crippen molar-refractivity contribution in [3.05, 3.63) is 23.8 Å². The number of methoxy groups -OCH3 is 2.